The van der Waals surface area contributed by atoms with Crippen molar-refractivity contribution in [2.24, 2.45) is 5.92 Å². The van der Waals surface area contributed by atoms with E-state index in [-0.39, 0.29) is 0 Å². The minimum absolute atomic E-state index is 0.701. The molecule has 2 aliphatic rings. The van der Waals surface area contributed by atoms with Crippen molar-refractivity contribution >= 4 is 5.82 Å². The fourth-order valence-electron chi connectivity index (χ4n) is 3.51. The normalized spacial score (nSPS) is 18.4. The monoisotopic (exact) mass is 283 g/mol. The van der Waals surface area contributed by atoms with Gasteiger partial charge in [0.2, 0.25) is 0 Å². The van der Waals surface area contributed by atoms with Crippen LogP contribution in [0.4, 0.5) is 5.82 Å². The van der Waals surface area contributed by atoms with Crippen LogP contribution in [0.1, 0.15) is 29.9 Å². The second kappa shape index (κ2) is 5.13. The van der Waals surface area contributed by atoms with Crippen molar-refractivity contribution in [1.29, 1.82) is 0 Å². The molecule has 3 heterocycles. The number of aryl methyl sites for hydroxylation is 2. The van der Waals surface area contributed by atoms with Crippen molar-refractivity contribution in [1.82, 2.24) is 19.5 Å². The summed E-state index contributed by atoms with van der Waals surface area (Å²) in [5.41, 5.74) is 2.68. The van der Waals surface area contributed by atoms with Gasteiger partial charge in [-0.3, -0.25) is 0 Å². The summed E-state index contributed by atoms with van der Waals surface area (Å²) in [6, 6.07) is 0. The van der Waals surface area contributed by atoms with Crippen LogP contribution in [0.3, 0.4) is 0 Å². The summed E-state index contributed by atoms with van der Waals surface area (Å²) in [6.07, 6.45) is 10.5. The highest BCUT2D eigenvalue weighted by molar-refractivity contribution is 5.51. The first-order valence-corrected chi connectivity index (χ1v) is 7.86. The Morgan fingerprint density at radius 3 is 2.81 bits per heavy atom. The zero-order chi connectivity index (χ0) is 14.2. The van der Waals surface area contributed by atoms with Crippen molar-refractivity contribution in [3.8, 4) is 0 Å². The SMILES string of the molecule is Cc1nccn1CC1CN(c2ncnc3c2CCCC3)C1. The van der Waals surface area contributed by atoms with Gasteiger partial charge in [0.05, 0.1) is 0 Å². The predicted octanol–water partition coefficient (Wildman–Crippen LogP) is 2.00. The molecule has 21 heavy (non-hydrogen) atoms. The highest BCUT2D eigenvalue weighted by Crippen LogP contribution is 2.31. The molecule has 5 heteroatoms. The van der Waals surface area contributed by atoms with Crippen LogP contribution in [0.25, 0.3) is 0 Å². The van der Waals surface area contributed by atoms with Crippen LogP contribution in [0.5, 0.6) is 0 Å². The molecule has 2 aromatic heterocycles. The van der Waals surface area contributed by atoms with E-state index in [4.69, 9.17) is 0 Å². The molecule has 0 atom stereocenters. The van der Waals surface area contributed by atoms with Crippen LogP contribution < -0.4 is 4.90 Å². The van der Waals surface area contributed by atoms with E-state index in [2.05, 4.69) is 37.5 Å². The van der Waals surface area contributed by atoms with Gasteiger partial charge in [0.15, 0.2) is 0 Å². The molecule has 0 bridgehead atoms. The summed E-state index contributed by atoms with van der Waals surface area (Å²) < 4.78 is 2.25. The number of aromatic nitrogens is 4. The number of hydrogen-bond acceptors (Lipinski definition) is 4. The number of anilines is 1. The first kappa shape index (κ1) is 12.8. The first-order chi connectivity index (χ1) is 10.3. The minimum atomic E-state index is 0.701. The van der Waals surface area contributed by atoms with Crippen molar-refractivity contribution in [2.45, 2.75) is 39.2 Å². The van der Waals surface area contributed by atoms with Gasteiger partial charge in [0, 0.05) is 49.2 Å². The number of rotatable bonds is 3. The number of fused-ring (bicyclic) bond motifs is 1. The summed E-state index contributed by atoms with van der Waals surface area (Å²) >= 11 is 0. The number of hydrogen-bond donors (Lipinski definition) is 0. The largest absolute Gasteiger partial charge is 0.355 e. The Morgan fingerprint density at radius 1 is 1.14 bits per heavy atom. The maximum atomic E-state index is 4.56. The molecule has 2 aromatic rings. The van der Waals surface area contributed by atoms with Crippen LogP contribution in [-0.2, 0) is 19.4 Å². The third-order valence-electron chi connectivity index (χ3n) is 4.74. The molecule has 1 saturated heterocycles. The van der Waals surface area contributed by atoms with Gasteiger partial charge in [0.25, 0.3) is 0 Å². The molecule has 0 N–H and O–H groups in total. The van der Waals surface area contributed by atoms with Gasteiger partial charge >= 0.3 is 0 Å². The van der Waals surface area contributed by atoms with Gasteiger partial charge in [-0.15, -0.1) is 0 Å². The Hall–Kier alpha value is -1.91. The van der Waals surface area contributed by atoms with Crippen molar-refractivity contribution in [3.05, 3.63) is 35.8 Å². The van der Waals surface area contributed by atoms with Crippen molar-refractivity contribution in [3.63, 3.8) is 0 Å². The molecule has 0 aromatic carbocycles. The molecule has 0 radical (unpaired) electrons. The van der Waals surface area contributed by atoms with Crippen LogP contribution in [0.2, 0.25) is 0 Å². The van der Waals surface area contributed by atoms with Crippen molar-refractivity contribution in [2.75, 3.05) is 18.0 Å². The quantitative estimate of drug-likeness (QED) is 0.864. The van der Waals surface area contributed by atoms with E-state index in [9.17, 15) is 0 Å². The summed E-state index contributed by atoms with van der Waals surface area (Å²) in [6.45, 7) is 5.33. The second-order valence-corrected chi connectivity index (χ2v) is 6.23. The molecule has 1 aliphatic heterocycles. The molecule has 0 amide bonds. The highest BCUT2D eigenvalue weighted by Gasteiger charge is 2.31. The maximum Gasteiger partial charge on any atom is 0.135 e. The summed E-state index contributed by atoms with van der Waals surface area (Å²) in [5, 5.41) is 0. The fourth-order valence-corrected chi connectivity index (χ4v) is 3.51. The molecule has 5 nitrogen and oxygen atoms in total. The van der Waals surface area contributed by atoms with E-state index in [1.807, 2.05) is 6.20 Å². The standard InChI is InChI=1S/C16H21N5/c1-12-17-6-7-20(12)8-13-9-21(10-13)16-14-4-2-3-5-15(14)18-11-19-16/h6-7,11,13H,2-5,8-10H2,1H3. The predicted molar refractivity (Wildman–Crippen MR) is 81.3 cm³/mol. The van der Waals surface area contributed by atoms with E-state index in [0.717, 1.165) is 38.3 Å². The molecule has 0 saturated carbocycles. The number of imidazole rings is 1. The second-order valence-electron chi connectivity index (χ2n) is 6.23. The molecular formula is C16H21N5. The lowest BCUT2D eigenvalue weighted by Crippen LogP contribution is -2.49. The summed E-state index contributed by atoms with van der Waals surface area (Å²) in [4.78, 5) is 15.7. The van der Waals surface area contributed by atoms with Crippen LogP contribution in [-0.4, -0.2) is 32.6 Å². The molecule has 1 aliphatic carbocycles. The van der Waals surface area contributed by atoms with Crippen molar-refractivity contribution < 1.29 is 0 Å². The molecule has 1 fully saturated rings. The van der Waals surface area contributed by atoms with Gasteiger partial charge in [-0.25, -0.2) is 15.0 Å². The zero-order valence-corrected chi connectivity index (χ0v) is 12.5. The topological polar surface area (TPSA) is 46.8 Å². The highest BCUT2D eigenvalue weighted by atomic mass is 15.3. The molecule has 110 valence electrons. The van der Waals surface area contributed by atoms with Crippen LogP contribution >= 0.6 is 0 Å². The van der Waals surface area contributed by atoms with Gasteiger partial charge in [0.1, 0.15) is 18.0 Å². The van der Waals surface area contributed by atoms with Gasteiger partial charge in [-0.05, 0) is 32.6 Å². The lowest BCUT2D eigenvalue weighted by molar-refractivity contribution is 0.351. The maximum absolute atomic E-state index is 4.56. The third-order valence-corrected chi connectivity index (χ3v) is 4.74. The molecular weight excluding hydrogens is 262 g/mol. The van der Waals surface area contributed by atoms with E-state index in [0.29, 0.717) is 5.92 Å². The summed E-state index contributed by atoms with van der Waals surface area (Å²) in [5.74, 6) is 3.00. The van der Waals surface area contributed by atoms with Gasteiger partial charge in [-0.2, -0.15) is 0 Å². The van der Waals surface area contributed by atoms with E-state index >= 15 is 0 Å². The Labute approximate surface area is 125 Å². The molecule has 0 unspecified atom stereocenters. The third kappa shape index (κ3) is 2.30. The van der Waals surface area contributed by atoms with Crippen LogP contribution in [0, 0.1) is 12.8 Å². The van der Waals surface area contributed by atoms with Gasteiger partial charge in [-0.1, -0.05) is 0 Å². The fraction of sp³-hybridized carbons (Fsp3) is 0.562. The zero-order valence-electron chi connectivity index (χ0n) is 12.5. The lowest BCUT2D eigenvalue weighted by Gasteiger charge is -2.41. The summed E-state index contributed by atoms with van der Waals surface area (Å²) in [7, 11) is 0. The molecule has 4 rings (SSSR count). The number of nitrogens with zero attached hydrogens (tertiary/aromatic N) is 5. The molecule has 0 spiro atoms. The van der Waals surface area contributed by atoms with Crippen LogP contribution in [0.15, 0.2) is 18.7 Å². The van der Waals surface area contributed by atoms with E-state index < -0.39 is 0 Å². The van der Waals surface area contributed by atoms with E-state index in [1.54, 1.807) is 6.33 Å². The van der Waals surface area contributed by atoms with Gasteiger partial charge < -0.3 is 9.47 Å². The first-order valence-electron chi connectivity index (χ1n) is 7.86. The van der Waals surface area contributed by atoms with E-state index in [1.165, 1.54) is 29.9 Å². The Balaban J connectivity index is 1.45. The Bertz CT molecular complexity index is 642. The minimum Gasteiger partial charge on any atom is -0.355 e. The lowest BCUT2D eigenvalue weighted by atomic mass is 9.93. The Kier molecular flexibility index (Phi) is 3.13. The average Bonchev–Trinajstić information content (AvgIpc) is 2.87. The Morgan fingerprint density at radius 2 is 2.00 bits per heavy atom. The smallest absolute Gasteiger partial charge is 0.135 e. The average molecular weight is 283 g/mol.